The highest BCUT2D eigenvalue weighted by Crippen LogP contribution is 2.21. The van der Waals surface area contributed by atoms with Gasteiger partial charge in [-0.1, -0.05) is 44.2 Å². The minimum Gasteiger partial charge on any atom is -0.481 e. The summed E-state index contributed by atoms with van der Waals surface area (Å²) in [7, 11) is 0. The molecule has 1 amide bonds. The van der Waals surface area contributed by atoms with Crippen molar-refractivity contribution in [2.24, 2.45) is 5.92 Å². The Labute approximate surface area is 141 Å². The molecule has 0 aliphatic carbocycles. The van der Waals surface area contributed by atoms with E-state index in [1.165, 1.54) is 6.20 Å². The summed E-state index contributed by atoms with van der Waals surface area (Å²) in [6, 6.07) is 9.83. The van der Waals surface area contributed by atoms with Crippen molar-refractivity contribution in [1.82, 2.24) is 15.1 Å². The van der Waals surface area contributed by atoms with Crippen molar-refractivity contribution >= 4 is 11.9 Å². The van der Waals surface area contributed by atoms with E-state index in [4.69, 9.17) is 5.11 Å². The lowest BCUT2D eigenvalue weighted by Crippen LogP contribution is -2.51. The van der Waals surface area contributed by atoms with Crippen LogP contribution in [0, 0.1) is 5.92 Å². The van der Waals surface area contributed by atoms with Gasteiger partial charge >= 0.3 is 5.97 Å². The molecule has 0 spiro atoms. The van der Waals surface area contributed by atoms with E-state index in [9.17, 15) is 9.59 Å². The van der Waals surface area contributed by atoms with Crippen molar-refractivity contribution in [3.63, 3.8) is 0 Å². The number of carboxylic acids is 1. The Morgan fingerprint density at radius 1 is 1.29 bits per heavy atom. The lowest BCUT2D eigenvalue weighted by atomic mass is 9.85. The maximum absolute atomic E-state index is 12.5. The number of hydrogen-bond donors (Lipinski definition) is 2. The minimum atomic E-state index is -0.939. The first kappa shape index (κ1) is 17.7. The predicted molar refractivity (Wildman–Crippen MR) is 90.7 cm³/mol. The van der Waals surface area contributed by atoms with E-state index < -0.39 is 11.5 Å². The number of rotatable bonds is 7. The molecule has 128 valence electrons. The van der Waals surface area contributed by atoms with E-state index >= 15 is 0 Å². The molecule has 0 saturated heterocycles. The number of nitrogens with zero attached hydrogens (tertiary/aromatic N) is 2. The fourth-order valence-electron chi connectivity index (χ4n) is 2.38. The number of nitrogens with one attached hydrogen (secondary N) is 1. The second-order valence-electron chi connectivity index (χ2n) is 6.51. The molecule has 0 radical (unpaired) electrons. The van der Waals surface area contributed by atoms with Crippen LogP contribution in [0.25, 0.3) is 0 Å². The number of carbonyl (C=O) groups is 2. The molecule has 1 aromatic carbocycles. The highest BCUT2D eigenvalue weighted by molar-refractivity contribution is 5.94. The van der Waals surface area contributed by atoms with Gasteiger partial charge in [-0.3, -0.25) is 14.3 Å². The van der Waals surface area contributed by atoms with Gasteiger partial charge < -0.3 is 10.4 Å². The quantitative estimate of drug-likeness (QED) is 0.817. The fraction of sp³-hybridized carbons (Fsp3) is 0.389. The first-order valence-electron chi connectivity index (χ1n) is 7.91. The normalized spacial score (nSPS) is 13.5. The Kier molecular flexibility index (Phi) is 5.39. The van der Waals surface area contributed by atoms with Gasteiger partial charge in [0.25, 0.3) is 5.91 Å². The SMILES string of the molecule is CC(C)C(C)(CC(=O)O)NC(=O)c1cnn(Cc2ccccc2)c1. The van der Waals surface area contributed by atoms with Crippen LogP contribution < -0.4 is 5.32 Å². The maximum atomic E-state index is 12.5. The standard InChI is InChI=1S/C18H23N3O3/c1-13(2)18(3,9-16(22)23)20-17(24)15-10-19-21(12-15)11-14-7-5-4-6-8-14/h4-8,10,12-13H,9,11H2,1-3H3,(H,20,24)(H,22,23). The molecular formula is C18H23N3O3. The molecule has 24 heavy (non-hydrogen) atoms. The molecule has 0 saturated carbocycles. The van der Waals surface area contributed by atoms with Gasteiger partial charge in [-0.05, 0) is 18.4 Å². The van der Waals surface area contributed by atoms with Crippen LogP contribution in [-0.4, -0.2) is 32.3 Å². The van der Waals surface area contributed by atoms with E-state index in [0.29, 0.717) is 12.1 Å². The lowest BCUT2D eigenvalue weighted by Gasteiger charge is -2.33. The molecule has 1 atom stereocenters. The number of amides is 1. The third-order valence-electron chi connectivity index (χ3n) is 4.27. The van der Waals surface area contributed by atoms with Crippen LogP contribution in [0.4, 0.5) is 0 Å². The van der Waals surface area contributed by atoms with Crippen molar-refractivity contribution in [3.05, 3.63) is 53.9 Å². The highest BCUT2D eigenvalue weighted by atomic mass is 16.4. The topological polar surface area (TPSA) is 84.2 Å². The number of aliphatic carboxylic acids is 1. The first-order valence-corrected chi connectivity index (χ1v) is 7.91. The molecule has 6 heteroatoms. The largest absolute Gasteiger partial charge is 0.481 e. The Balaban J connectivity index is 2.08. The van der Waals surface area contributed by atoms with Crippen molar-refractivity contribution in [2.45, 2.75) is 39.3 Å². The van der Waals surface area contributed by atoms with Gasteiger partial charge in [0.2, 0.25) is 0 Å². The van der Waals surface area contributed by atoms with Crippen molar-refractivity contribution in [3.8, 4) is 0 Å². The van der Waals surface area contributed by atoms with Crippen molar-refractivity contribution < 1.29 is 14.7 Å². The maximum Gasteiger partial charge on any atom is 0.305 e. The summed E-state index contributed by atoms with van der Waals surface area (Å²) in [6.45, 7) is 6.10. The van der Waals surface area contributed by atoms with Crippen molar-refractivity contribution in [1.29, 1.82) is 0 Å². The summed E-state index contributed by atoms with van der Waals surface area (Å²) < 4.78 is 1.69. The Morgan fingerprint density at radius 2 is 1.96 bits per heavy atom. The van der Waals surface area contributed by atoms with Crippen LogP contribution in [0.2, 0.25) is 0 Å². The molecule has 1 unspecified atom stereocenters. The van der Waals surface area contributed by atoms with Gasteiger partial charge in [-0.15, -0.1) is 0 Å². The van der Waals surface area contributed by atoms with Gasteiger partial charge in [0.1, 0.15) is 0 Å². The number of carboxylic acid groups (broad SMARTS) is 1. The first-order chi connectivity index (χ1) is 11.3. The third-order valence-corrected chi connectivity index (χ3v) is 4.27. The summed E-state index contributed by atoms with van der Waals surface area (Å²) in [4.78, 5) is 23.5. The van der Waals surface area contributed by atoms with Crippen LogP contribution in [0.15, 0.2) is 42.7 Å². The molecule has 0 bridgehead atoms. The molecule has 0 fully saturated rings. The zero-order valence-corrected chi connectivity index (χ0v) is 14.2. The molecule has 6 nitrogen and oxygen atoms in total. The molecule has 2 aromatic rings. The smallest absolute Gasteiger partial charge is 0.305 e. The number of carbonyl (C=O) groups excluding carboxylic acids is 1. The Bertz CT molecular complexity index is 709. The zero-order valence-electron chi connectivity index (χ0n) is 14.2. The molecule has 0 aliphatic heterocycles. The van der Waals surface area contributed by atoms with Crippen LogP contribution in [0.5, 0.6) is 0 Å². The number of benzene rings is 1. The van der Waals surface area contributed by atoms with E-state index in [1.807, 2.05) is 44.2 Å². The highest BCUT2D eigenvalue weighted by Gasteiger charge is 2.33. The van der Waals surface area contributed by atoms with E-state index in [0.717, 1.165) is 5.56 Å². The fourth-order valence-corrected chi connectivity index (χ4v) is 2.38. The zero-order chi connectivity index (χ0) is 17.7. The molecule has 2 rings (SSSR count). The third kappa shape index (κ3) is 4.44. The van der Waals surface area contributed by atoms with Gasteiger partial charge in [0.15, 0.2) is 0 Å². The van der Waals surface area contributed by atoms with E-state index in [-0.39, 0.29) is 18.2 Å². The van der Waals surface area contributed by atoms with Gasteiger partial charge in [-0.2, -0.15) is 5.10 Å². The molecular weight excluding hydrogens is 306 g/mol. The van der Waals surface area contributed by atoms with Crippen LogP contribution >= 0.6 is 0 Å². The van der Waals surface area contributed by atoms with Crippen LogP contribution in [0.3, 0.4) is 0 Å². The summed E-state index contributed by atoms with van der Waals surface area (Å²) in [5.74, 6) is -1.27. The van der Waals surface area contributed by atoms with Gasteiger partial charge in [0, 0.05) is 6.20 Å². The second kappa shape index (κ2) is 7.29. The molecule has 0 aliphatic rings. The van der Waals surface area contributed by atoms with E-state index in [2.05, 4.69) is 10.4 Å². The Morgan fingerprint density at radius 3 is 2.54 bits per heavy atom. The van der Waals surface area contributed by atoms with E-state index in [1.54, 1.807) is 17.8 Å². The van der Waals surface area contributed by atoms with Gasteiger partial charge in [0.05, 0.1) is 30.3 Å². The second-order valence-corrected chi connectivity index (χ2v) is 6.51. The average Bonchev–Trinajstić information content (AvgIpc) is 2.96. The molecule has 2 N–H and O–H groups in total. The number of hydrogen-bond acceptors (Lipinski definition) is 3. The summed E-state index contributed by atoms with van der Waals surface area (Å²) in [6.07, 6.45) is 3.04. The summed E-state index contributed by atoms with van der Waals surface area (Å²) in [5, 5.41) is 16.1. The monoisotopic (exact) mass is 329 g/mol. The summed E-state index contributed by atoms with van der Waals surface area (Å²) in [5.41, 5.74) is 0.693. The van der Waals surface area contributed by atoms with Crippen molar-refractivity contribution in [2.75, 3.05) is 0 Å². The molecule has 1 aromatic heterocycles. The van der Waals surface area contributed by atoms with Crippen LogP contribution in [-0.2, 0) is 11.3 Å². The lowest BCUT2D eigenvalue weighted by molar-refractivity contribution is -0.138. The predicted octanol–water partition coefficient (Wildman–Crippen LogP) is 2.55. The minimum absolute atomic E-state index is 0.0167. The van der Waals surface area contributed by atoms with Crippen LogP contribution in [0.1, 0.15) is 43.1 Å². The molecule has 1 heterocycles. The average molecular weight is 329 g/mol. The van der Waals surface area contributed by atoms with Gasteiger partial charge in [-0.25, -0.2) is 0 Å². The Hall–Kier alpha value is -2.63. The number of aromatic nitrogens is 2. The summed E-state index contributed by atoms with van der Waals surface area (Å²) >= 11 is 0.